The number of nitrogens with zero attached hydrogens (tertiary/aromatic N) is 4. The van der Waals surface area contributed by atoms with Crippen molar-refractivity contribution in [2.24, 2.45) is 0 Å². The summed E-state index contributed by atoms with van der Waals surface area (Å²) in [6.07, 6.45) is 0. The van der Waals surface area contributed by atoms with Crippen molar-refractivity contribution < 1.29 is 19.5 Å². The number of nitrogens with one attached hydrogen (secondary N) is 2. The van der Waals surface area contributed by atoms with Crippen LogP contribution in [0.25, 0.3) is 22.4 Å². The van der Waals surface area contributed by atoms with Crippen LogP contribution in [0.1, 0.15) is 11.1 Å². The highest BCUT2D eigenvalue weighted by Crippen LogP contribution is 2.27. The van der Waals surface area contributed by atoms with Gasteiger partial charge in [-0.3, -0.25) is 5.10 Å². The third kappa shape index (κ3) is 4.48. The number of H-pyrrole nitrogens is 1. The van der Waals surface area contributed by atoms with Gasteiger partial charge in [-0.2, -0.15) is 20.1 Å². The zero-order valence-corrected chi connectivity index (χ0v) is 17.0. The van der Waals surface area contributed by atoms with Crippen molar-refractivity contribution in [3.8, 4) is 17.5 Å². The van der Waals surface area contributed by atoms with Gasteiger partial charge in [0.1, 0.15) is 5.69 Å². The van der Waals surface area contributed by atoms with E-state index in [4.69, 9.17) is 9.47 Å². The van der Waals surface area contributed by atoms with Gasteiger partial charge < -0.3 is 24.8 Å². The fraction of sp³-hybridized carbons (Fsp3) is 0.200. The Morgan fingerprint density at radius 2 is 1.90 bits per heavy atom. The van der Waals surface area contributed by atoms with Crippen LogP contribution in [0.5, 0.6) is 6.01 Å². The molecular weight excluding hydrogens is 399 g/mol. The number of methoxy groups -OCH3 is 2. The largest absolute Gasteiger partial charge is 0.488 e. The Morgan fingerprint density at radius 1 is 1.06 bits per heavy atom. The van der Waals surface area contributed by atoms with Gasteiger partial charge >= 0.3 is 13.1 Å². The van der Waals surface area contributed by atoms with E-state index in [-0.39, 0.29) is 6.01 Å². The van der Waals surface area contributed by atoms with Crippen LogP contribution in [0.2, 0.25) is 0 Å². The minimum absolute atomic E-state index is 0.149. The third-order valence-corrected chi connectivity index (χ3v) is 4.69. The molecule has 0 radical (unpaired) electrons. The lowest BCUT2D eigenvalue weighted by Gasteiger charge is -2.09. The Labute approximate surface area is 178 Å². The van der Waals surface area contributed by atoms with Crippen molar-refractivity contribution in [3.05, 3.63) is 53.6 Å². The van der Waals surface area contributed by atoms with Crippen LogP contribution in [0.4, 0.5) is 5.95 Å². The van der Waals surface area contributed by atoms with E-state index in [1.165, 1.54) is 7.11 Å². The number of ether oxygens (including phenoxy) is 2. The molecule has 0 atom stereocenters. The zero-order chi connectivity index (χ0) is 21.8. The number of hydrogen-bond donors (Lipinski definition) is 4. The van der Waals surface area contributed by atoms with E-state index in [9.17, 15) is 10.0 Å². The average molecular weight is 420 g/mol. The van der Waals surface area contributed by atoms with Crippen molar-refractivity contribution in [2.75, 3.05) is 19.5 Å². The number of rotatable bonds is 8. The molecule has 0 spiro atoms. The smallest absolute Gasteiger partial charge is 0.467 e. The lowest BCUT2D eigenvalue weighted by atomic mass is 9.80. The van der Waals surface area contributed by atoms with Crippen LogP contribution in [-0.4, -0.2) is 56.5 Å². The molecule has 0 saturated heterocycles. The van der Waals surface area contributed by atoms with Crippen LogP contribution in [0.15, 0.2) is 42.5 Å². The molecule has 158 valence electrons. The number of fused-ring (bicyclic) bond motifs is 1. The van der Waals surface area contributed by atoms with Crippen LogP contribution >= 0.6 is 0 Å². The highest BCUT2D eigenvalue weighted by Gasteiger charge is 2.17. The Hall–Kier alpha value is -3.54. The SMILES string of the molecule is COCc1cccc2c(-c3nc(NCc4cccc(B(O)O)c4)nc(OC)n3)n[nH]c12. The number of hydrogen-bond acceptors (Lipinski definition) is 9. The zero-order valence-electron chi connectivity index (χ0n) is 17.0. The summed E-state index contributed by atoms with van der Waals surface area (Å²) in [4.78, 5) is 13.1. The van der Waals surface area contributed by atoms with E-state index < -0.39 is 7.12 Å². The Morgan fingerprint density at radius 3 is 2.68 bits per heavy atom. The van der Waals surface area contributed by atoms with Gasteiger partial charge in [0.25, 0.3) is 0 Å². The number of aromatic amines is 1. The number of anilines is 1. The summed E-state index contributed by atoms with van der Waals surface area (Å²) in [5.74, 6) is 0.663. The van der Waals surface area contributed by atoms with Gasteiger partial charge in [-0.05, 0) is 11.0 Å². The molecule has 10 nitrogen and oxygen atoms in total. The number of benzene rings is 2. The van der Waals surface area contributed by atoms with E-state index in [1.54, 1.807) is 25.3 Å². The second kappa shape index (κ2) is 9.08. The molecule has 0 aliphatic rings. The predicted molar refractivity (Wildman–Crippen MR) is 116 cm³/mol. The minimum atomic E-state index is -1.53. The van der Waals surface area contributed by atoms with E-state index in [0.717, 1.165) is 22.0 Å². The number of para-hydroxylation sites is 1. The highest BCUT2D eigenvalue weighted by atomic mass is 16.5. The Kier molecular flexibility index (Phi) is 6.07. The van der Waals surface area contributed by atoms with Crippen LogP contribution < -0.4 is 15.5 Å². The lowest BCUT2D eigenvalue weighted by Crippen LogP contribution is -2.30. The predicted octanol–water partition coefficient (Wildman–Crippen LogP) is 0.862. The first-order valence-corrected chi connectivity index (χ1v) is 9.53. The molecule has 0 aliphatic carbocycles. The van der Waals surface area contributed by atoms with Crippen molar-refractivity contribution in [2.45, 2.75) is 13.2 Å². The minimum Gasteiger partial charge on any atom is -0.467 e. The summed E-state index contributed by atoms with van der Waals surface area (Å²) in [6, 6.07) is 12.9. The van der Waals surface area contributed by atoms with Crippen LogP contribution in [-0.2, 0) is 17.9 Å². The maximum absolute atomic E-state index is 9.35. The summed E-state index contributed by atoms with van der Waals surface area (Å²) in [6.45, 7) is 0.820. The molecule has 0 saturated carbocycles. The molecule has 0 unspecified atom stereocenters. The van der Waals surface area contributed by atoms with Gasteiger partial charge in [0.05, 0.1) is 19.2 Å². The molecule has 31 heavy (non-hydrogen) atoms. The summed E-state index contributed by atoms with van der Waals surface area (Å²) in [7, 11) is 1.59. The van der Waals surface area contributed by atoms with E-state index in [2.05, 4.69) is 30.5 Å². The summed E-state index contributed by atoms with van der Waals surface area (Å²) < 4.78 is 10.5. The molecule has 0 amide bonds. The maximum atomic E-state index is 9.35. The molecule has 2 aromatic heterocycles. The molecule has 4 rings (SSSR count). The van der Waals surface area contributed by atoms with E-state index >= 15 is 0 Å². The van der Waals surface area contributed by atoms with E-state index in [0.29, 0.717) is 36.1 Å². The lowest BCUT2D eigenvalue weighted by molar-refractivity contribution is 0.186. The molecule has 4 N–H and O–H groups in total. The normalized spacial score (nSPS) is 11.0. The summed E-state index contributed by atoms with van der Waals surface area (Å²) in [5, 5.41) is 30.1. The van der Waals surface area contributed by atoms with Gasteiger partial charge in [-0.25, -0.2) is 0 Å². The topological polar surface area (TPSA) is 138 Å². The Balaban J connectivity index is 1.65. The molecule has 2 aromatic carbocycles. The fourth-order valence-corrected chi connectivity index (χ4v) is 3.23. The van der Waals surface area contributed by atoms with Gasteiger partial charge in [0, 0.05) is 24.6 Å². The van der Waals surface area contributed by atoms with Crippen molar-refractivity contribution in [1.82, 2.24) is 25.1 Å². The average Bonchev–Trinajstić information content (AvgIpc) is 3.23. The van der Waals surface area contributed by atoms with E-state index in [1.807, 2.05) is 24.3 Å². The quantitative estimate of drug-likeness (QED) is 0.306. The van der Waals surface area contributed by atoms with Gasteiger partial charge in [-0.15, -0.1) is 0 Å². The molecule has 2 heterocycles. The molecule has 0 aliphatic heterocycles. The summed E-state index contributed by atoms with van der Waals surface area (Å²) >= 11 is 0. The van der Waals surface area contributed by atoms with Crippen molar-refractivity contribution in [3.63, 3.8) is 0 Å². The molecular formula is C20H21BN6O4. The molecule has 0 fully saturated rings. The number of aromatic nitrogens is 5. The monoisotopic (exact) mass is 420 g/mol. The molecule has 0 bridgehead atoms. The van der Waals surface area contributed by atoms with Gasteiger partial charge in [-0.1, -0.05) is 42.5 Å². The first kappa shape index (κ1) is 20.7. The fourth-order valence-electron chi connectivity index (χ4n) is 3.23. The van der Waals surface area contributed by atoms with Crippen LogP contribution in [0, 0.1) is 0 Å². The summed E-state index contributed by atoms with van der Waals surface area (Å²) in [5.41, 5.74) is 3.64. The maximum Gasteiger partial charge on any atom is 0.488 e. The Bertz CT molecular complexity index is 1200. The second-order valence-electron chi connectivity index (χ2n) is 6.79. The van der Waals surface area contributed by atoms with Gasteiger partial charge in [0.15, 0.2) is 5.82 Å². The highest BCUT2D eigenvalue weighted by molar-refractivity contribution is 6.58. The standard InChI is InChI=1S/C20H21BN6O4/c1-30-11-13-6-4-8-15-16(13)26-27-17(15)18-23-19(25-20(24-18)31-2)22-10-12-5-3-7-14(9-12)21(28)29/h3-9,28-29H,10-11H2,1-2H3,(H,26,27)(H,22,23,24,25). The molecule has 11 heteroatoms. The third-order valence-electron chi connectivity index (χ3n) is 4.69. The first-order valence-electron chi connectivity index (χ1n) is 9.53. The van der Waals surface area contributed by atoms with Crippen LogP contribution in [0.3, 0.4) is 0 Å². The first-order chi connectivity index (χ1) is 15.1. The van der Waals surface area contributed by atoms with Crippen molar-refractivity contribution >= 4 is 29.4 Å². The van der Waals surface area contributed by atoms with Crippen molar-refractivity contribution in [1.29, 1.82) is 0 Å². The second-order valence-corrected chi connectivity index (χ2v) is 6.79. The molecule has 4 aromatic rings. The van der Waals surface area contributed by atoms with Gasteiger partial charge in [0.2, 0.25) is 5.95 Å².